The van der Waals surface area contributed by atoms with Gasteiger partial charge in [0.15, 0.2) is 0 Å². The first-order valence-electron chi connectivity index (χ1n) is 10.2. The van der Waals surface area contributed by atoms with Crippen molar-refractivity contribution in [3.8, 4) is 22.9 Å². The van der Waals surface area contributed by atoms with E-state index in [4.69, 9.17) is 9.26 Å². The summed E-state index contributed by atoms with van der Waals surface area (Å²) in [4.78, 5) is 15.0. The molecule has 0 saturated heterocycles. The number of hydrogen-bond acceptors (Lipinski definition) is 8. The summed E-state index contributed by atoms with van der Waals surface area (Å²) < 4.78 is 38.3. The standard InChI is InChI=1S/C23H20N4O6S/c1-3-26(18-7-5-4-6-8-18)34(30,31)20-13-14-22(21(15-20)27(28)29)32-19-11-9-17(10-12-19)23-24-16(2)33-25-23/h4-15H,3H2,1-2H3. The number of nitrogens with zero attached hydrogens (tertiary/aromatic N) is 4. The minimum absolute atomic E-state index is 0.0881. The molecule has 0 fully saturated rings. The first kappa shape index (κ1) is 22.9. The molecule has 0 N–H and O–H groups in total. The predicted molar refractivity (Wildman–Crippen MR) is 124 cm³/mol. The van der Waals surface area contributed by atoms with Crippen molar-refractivity contribution in [1.29, 1.82) is 0 Å². The molecule has 0 saturated carbocycles. The number of nitro groups is 1. The molecule has 1 aromatic heterocycles. The Morgan fingerprint density at radius 2 is 1.76 bits per heavy atom. The van der Waals surface area contributed by atoms with Crippen molar-refractivity contribution in [2.24, 2.45) is 0 Å². The lowest BCUT2D eigenvalue weighted by Gasteiger charge is -2.23. The maximum Gasteiger partial charge on any atom is 0.312 e. The van der Waals surface area contributed by atoms with Gasteiger partial charge in [-0.1, -0.05) is 23.4 Å². The number of benzene rings is 3. The van der Waals surface area contributed by atoms with E-state index in [2.05, 4.69) is 10.1 Å². The highest BCUT2D eigenvalue weighted by Gasteiger charge is 2.27. The molecule has 11 heteroatoms. The van der Waals surface area contributed by atoms with E-state index in [0.717, 1.165) is 6.07 Å². The molecular weight excluding hydrogens is 460 g/mol. The van der Waals surface area contributed by atoms with E-state index in [0.29, 0.717) is 28.7 Å². The molecule has 0 spiro atoms. The van der Waals surface area contributed by atoms with Crippen LogP contribution < -0.4 is 9.04 Å². The number of sulfonamides is 1. The van der Waals surface area contributed by atoms with Gasteiger partial charge in [0.1, 0.15) is 5.75 Å². The second kappa shape index (κ2) is 9.32. The fraction of sp³-hybridized carbons (Fsp3) is 0.130. The molecule has 4 rings (SSSR count). The van der Waals surface area contributed by atoms with Crippen molar-refractivity contribution < 1.29 is 22.6 Å². The fourth-order valence-corrected chi connectivity index (χ4v) is 4.81. The van der Waals surface area contributed by atoms with Gasteiger partial charge in [-0.25, -0.2) is 8.42 Å². The van der Waals surface area contributed by atoms with Crippen molar-refractivity contribution >= 4 is 21.4 Å². The zero-order valence-corrected chi connectivity index (χ0v) is 19.1. The Labute approximate surface area is 195 Å². The lowest BCUT2D eigenvalue weighted by atomic mass is 10.2. The minimum Gasteiger partial charge on any atom is -0.450 e. The highest BCUT2D eigenvalue weighted by Crippen LogP contribution is 2.35. The van der Waals surface area contributed by atoms with Crippen LogP contribution in [0.4, 0.5) is 11.4 Å². The molecule has 4 aromatic rings. The maximum absolute atomic E-state index is 13.2. The second-order valence-electron chi connectivity index (χ2n) is 7.16. The lowest BCUT2D eigenvalue weighted by Crippen LogP contribution is -2.30. The summed E-state index contributed by atoms with van der Waals surface area (Å²) in [6.45, 7) is 3.52. The second-order valence-corrected chi connectivity index (χ2v) is 9.02. The number of aromatic nitrogens is 2. The van der Waals surface area contributed by atoms with Gasteiger partial charge in [0.05, 0.1) is 15.5 Å². The summed E-state index contributed by atoms with van der Waals surface area (Å²) in [5.41, 5.74) is 0.675. The van der Waals surface area contributed by atoms with Crippen molar-refractivity contribution in [3.63, 3.8) is 0 Å². The van der Waals surface area contributed by atoms with Gasteiger partial charge in [0.2, 0.25) is 17.5 Å². The Kier molecular flexibility index (Phi) is 6.28. The fourth-order valence-electron chi connectivity index (χ4n) is 3.31. The van der Waals surface area contributed by atoms with Crippen LogP contribution in [0.1, 0.15) is 12.8 Å². The molecule has 1 heterocycles. The van der Waals surface area contributed by atoms with Crippen LogP contribution >= 0.6 is 0 Å². The zero-order chi connectivity index (χ0) is 24.3. The topological polar surface area (TPSA) is 129 Å². The van der Waals surface area contributed by atoms with Crippen molar-refractivity contribution in [2.45, 2.75) is 18.7 Å². The van der Waals surface area contributed by atoms with Gasteiger partial charge >= 0.3 is 5.69 Å². The lowest BCUT2D eigenvalue weighted by molar-refractivity contribution is -0.385. The molecule has 0 aliphatic rings. The van der Waals surface area contributed by atoms with Crippen LogP contribution in [-0.2, 0) is 10.0 Å². The van der Waals surface area contributed by atoms with Crippen LogP contribution in [0.25, 0.3) is 11.4 Å². The van der Waals surface area contributed by atoms with Gasteiger partial charge in [-0.05, 0) is 55.5 Å². The van der Waals surface area contributed by atoms with E-state index in [1.165, 1.54) is 16.4 Å². The highest BCUT2D eigenvalue weighted by molar-refractivity contribution is 7.92. The average molecular weight is 481 g/mol. The van der Waals surface area contributed by atoms with E-state index >= 15 is 0 Å². The van der Waals surface area contributed by atoms with E-state index < -0.39 is 20.6 Å². The minimum atomic E-state index is -4.03. The first-order valence-corrected chi connectivity index (χ1v) is 11.7. The van der Waals surface area contributed by atoms with Gasteiger partial charge in [0, 0.05) is 25.1 Å². The molecule has 0 aliphatic carbocycles. The van der Waals surface area contributed by atoms with Crippen molar-refractivity contribution in [2.75, 3.05) is 10.8 Å². The number of aryl methyl sites for hydroxylation is 1. The van der Waals surface area contributed by atoms with Crippen molar-refractivity contribution in [3.05, 3.63) is 88.8 Å². The normalized spacial score (nSPS) is 11.2. The number of para-hydroxylation sites is 1. The average Bonchev–Trinajstić information content (AvgIpc) is 3.27. The number of anilines is 1. The number of nitro benzene ring substituents is 1. The monoisotopic (exact) mass is 480 g/mol. The van der Waals surface area contributed by atoms with E-state index in [-0.39, 0.29) is 17.2 Å². The number of ether oxygens (including phenoxy) is 1. The number of hydrogen-bond donors (Lipinski definition) is 0. The molecule has 0 radical (unpaired) electrons. The summed E-state index contributed by atoms with van der Waals surface area (Å²) in [7, 11) is -4.03. The Hall–Kier alpha value is -4.25. The molecule has 0 atom stereocenters. The Morgan fingerprint density at radius 1 is 1.06 bits per heavy atom. The Balaban J connectivity index is 1.63. The quantitative estimate of drug-likeness (QED) is 0.256. The maximum atomic E-state index is 13.2. The van der Waals surface area contributed by atoms with Gasteiger partial charge in [-0.3, -0.25) is 14.4 Å². The van der Waals surface area contributed by atoms with Crippen LogP contribution in [0.15, 0.2) is 82.2 Å². The van der Waals surface area contributed by atoms with E-state index in [9.17, 15) is 18.5 Å². The predicted octanol–water partition coefficient (Wildman–Crippen LogP) is 4.96. The van der Waals surface area contributed by atoms with Gasteiger partial charge in [-0.15, -0.1) is 0 Å². The van der Waals surface area contributed by atoms with E-state index in [1.807, 2.05) is 0 Å². The van der Waals surface area contributed by atoms with Crippen LogP contribution in [0, 0.1) is 17.0 Å². The third kappa shape index (κ3) is 4.59. The largest absolute Gasteiger partial charge is 0.450 e. The summed E-state index contributed by atoms with van der Waals surface area (Å²) in [5, 5.41) is 15.6. The SMILES string of the molecule is CCN(c1ccccc1)S(=O)(=O)c1ccc(Oc2ccc(-c3noc(C)n3)cc2)c([N+](=O)[O-])c1. The summed E-state index contributed by atoms with van der Waals surface area (Å²) in [6, 6.07) is 18.7. The molecule has 0 bridgehead atoms. The molecule has 0 amide bonds. The Morgan fingerprint density at radius 3 is 2.35 bits per heavy atom. The molecule has 0 unspecified atom stereocenters. The summed E-state index contributed by atoms with van der Waals surface area (Å²) in [6.07, 6.45) is 0. The van der Waals surface area contributed by atoms with Crippen LogP contribution in [0.3, 0.4) is 0 Å². The van der Waals surface area contributed by atoms with Crippen LogP contribution in [0.5, 0.6) is 11.5 Å². The van der Waals surface area contributed by atoms with Crippen LogP contribution in [0.2, 0.25) is 0 Å². The van der Waals surface area contributed by atoms with E-state index in [1.54, 1.807) is 68.4 Å². The van der Waals surface area contributed by atoms with Gasteiger partial charge in [0.25, 0.3) is 10.0 Å². The summed E-state index contributed by atoms with van der Waals surface area (Å²) >= 11 is 0. The third-order valence-electron chi connectivity index (χ3n) is 4.91. The molecule has 34 heavy (non-hydrogen) atoms. The molecular formula is C23H20N4O6S. The molecule has 0 aliphatic heterocycles. The zero-order valence-electron chi connectivity index (χ0n) is 18.3. The molecule has 3 aromatic carbocycles. The van der Waals surface area contributed by atoms with Crippen molar-refractivity contribution in [1.82, 2.24) is 10.1 Å². The summed E-state index contributed by atoms with van der Waals surface area (Å²) in [5.74, 6) is 1.07. The molecule has 10 nitrogen and oxygen atoms in total. The third-order valence-corrected chi connectivity index (χ3v) is 6.81. The first-order chi connectivity index (χ1) is 16.3. The van der Waals surface area contributed by atoms with Crippen LogP contribution in [-0.4, -0.2) is 30.0 Å². The van der Waals surface area contributed by atoms with Gasteiger partial charge < -0.3 is 9.26 Å². The smallest absolute Gasteiger partial charge is 0.312 e. The Bertz CT molecular complexity index is 1420. The highest BCUT2D eigenvalue weighted by atomic mass is 32.2. The number of rotatable bonds is 8. The molecule has 174 valence electrons. The van der Waals surface area contributed by atoms with Gasteiger partial charge in [-0.2, -0.15) is 4.98 Å².